The molecule has 0 aliphatic carbocycles. The molecule has 0 radical (unpaired) electrons. The molecule has 0 unspecified atom stereocenters. The van der Waals surface area contributed by atoms with Crippen LogP contribution >= 0.6 is 22.6 Å². The second-order valence-corrected chi connectivity index (χ2v) is 5.12. The molecule has 0 saturated carbocycles. The van der Waals surface area contributed by atoms with E-state index in [0.29, 0.717) is 19.2 Å². The number of aliphatic hydroxyl groups excluding tert-OH is 1. The Hall–Kier alpha value is -0.330. The Kier molecular flexibility index (Phi) is 6.08. The van der Waals surface area contributed by atoms with Crippen molar-refractivity contribution in [2.24, 2.45) is 0 Å². The molecule has 16 heavy (non-hydrogen) atoms. The van der Waals surface area contributed by atoms with Gasteiger partial charge in [0.2, 0.25) is 0 Å². The lowest BCUT2D eigenvalue weighted by molar-refractivity contribution is 0.104. The summed E-state index contributed by atoms with van der Waals surface area (Å²) in [4.78, 5) is 0. The predicted molar refractivity (Wildman–Crippen MR) is 73.8 cm³/mol. The Balaban J connectivity index is 2.31. The number of halogens is 1. The molecule has 0 aliphatic rings. The molecular formula is C12H18INO2. The highest BCUT2D eigenvalue weighted by Gasteiger charge is 2.07. The van der Waals surface area contributed by atoms with E-state index in [4.69, 9.17) is 4.74 Å². The number of nitrogens with one attached hydrogen (secondary N) is 1. The number of rotatable bonds is 6. The van der Waals surface area contributed by atoms with Crippen LogP contribution in [0, 0.1) is 3.57 Å². The molecule has 2 N–H and O–H groups in total. The largest absolute Gasteiger partial charge is 0.490 e. The maximum absolute atomic E-state index is 9.66. The van der Waals surface area contributed by atoms with E-state index in [2.05, 4.69) is 27.9 Å². The van der Waals surface area contributed by atoms with Crippen molar-refractivity contribution in [2.75, 3.05) is 13.2 Å². The first-order valence-corrected chi connectivity index (χ1v) is 6.46. The molecule has 0 amide bonds. The van der Waals surface area contributed by atoms with Crippen LogP contribution in [0.4, 0.5) is 0 Å². The van der Waals surface area contributed by atoms with Gasteiger partial charge in [0.05, 0.1) is 3.57 Å². The standard InChI is InChI=1S/C12H18INO2/c1-9(2)14-7-10(15)8-16-12-6-4-3-5-11(12)13/h3-6,9-10,14-15H,7-8H2,1-2H3/t10-/m0/s1. The van der Waals surface area contributed by atoms with Crippen LogP contribution in [0.15, 0.2) is 24.3 Å². The molecule has 1 rings (SSSR count). The summed E-state index contributed by atoms with van der Waals surface area (Å²) in [5.74, 6) is 0.826. The smallest absolute Gasteiger partial charge is 0.132 e. The number of hydrogen-bond donors (Lipinski definition) is 2. The number of para-hydroxylation sites is 1. The quantitative estimate of drug-likeness (QED) is 0.782. The summed E-state index contributed by atoms with van der Waals surface area (Å²) in [5, 5.41) is 12.8. The van der Waals surface area contributed by atoms with Crippen molar-refractivity contribution in [1.29, 1.82) is 0 Å². The molecule has 90 valence electrons. The molecular weight excluding hydrogens is 317 g/mol. The zero-order valence-corrected chi connectivity index (χ0v) is 11.8. The van der Waals surface area contributed by atoms with Gasteiger partial charge in [0.1, 0.15) is 18.5 Å². The van der Waals surface area contributed by atoms with Crippen molar-refractivity contribution in [3.8, 4) is 5.75 Å². The Morgan fingerprint density at radius 1 is 1.38 bits per heavy atom. The summed E-state index contributed by atoms with van der Waals surface area (Å²) in [6.07, 6.45) is -0.474. The molecule has 4 heteroatoms. The second-order valence-electron chi connectivity index (χ2n) is 3.96. The van der Waals surface area contributed by atoms with E-state index in [1.54, 1.807) is 0 Å². The number of benzene rings is 1. The summed E-state index contributed by atoms with van der Waals surface area (Å²) >= 11 is 2.22. The van der Waals surface area contributed by atoms with Crippen LogP contribution in [0.1, 0.15) is 13.8 Å². The topological polar surface area (TPSA) is 41.5 Å². The third-order valence-electron chi connectivity index (χ3n) is 2.03. The lowest BCUT2D eigenvalue weighted by Gasteiger charge is -2.15. The fraction of sp³-hybridized carbons (Fsp3) is 0.500. The van der Waals surface area contributed by atoms with E-state index >= 15 is 0 Å². The van der Waals surface area contributed by atoms with Gasteiger partial charge >= 0.3 is 0 Å². The summed E-state index contributed by atoms with van der Waals surface area (Å²) in [7, 11) is 0. The first kappa shape index (κ1) is 13.7. The molecule has 0 fully saturated rings. The Morgan fingerprint density at radius 3 is 2.69 bits per heavy atom. The van der Waals surface area contributed by atoms with Crippen LogP contribution in [-0.2, 0) is 0 Å². The molecule has 0 heterocycles. The molecule has 0 aliphatic heterocycles. The van der Waals surface area contributed by atoms with Gasteiger partial charge in [-0.1, -0.05) is 26.0 Å². The van der Waals surface area contributed by atoms with Crippen molar-refractivity contribution < 1.29 is 9.84 Å². The molecule has 1 aromatic rings. The van der Waals surface area contributed by atoms with E-state index in [0.717, 1.165) is 9.32 Å². The minimum absolute atomic E-state index is 0.319. The lowest BCUT2D eigenvalue weighted by atomic mass is 10.3. The Morgan fingerprint density at radius 2 is 2.06 bits per heavy atom. The third-order valence-corrected chi connectivity index (χ3v) is 2.92. The summed E-state index contributed by atoms with van der Waals surface area (Å²) in [6, 6.07) is 8.16. The van der Waals surface area contributed by atoms with Crippen molar-refractivity contribution in [3.05, 3.63) is 27.8 Å². The van der Waals surface area contributed by atoms with Crippen LogP contribution in [0.25, 0.3) is 0 Å². The first-order chi connectivity index (χ1) is 7.59. The average Bonchev–Trinajstić information content (AvgIpc) is 2.25. The summed E-state index contributed by atoms with van der Waals surface area (Å²) in [6.45, 7) is 4.97. The normalized spacial score (nSPS) is 12.8. The second kappa shape index (κ2) is 7.09. The number of ether oxygens (including phenoxy) is 1. The van der Waals surface area contributed by atoms with Gasteiger partial charge in [0.15, 0.2) is 0 Å². The molecule has 1 atom stereocenters. The molecule has 0 spiro atoms. The maximum Gasteiger partial charge on any atom is 0.132 e. The lowest BCUT2D eigenvalue weighted by Crippen LogP contribution is -2.35. The molecule has 3 nitrogen and oxygen atoms in total. The monoisotopic (exact) mass is 335 g/mol. The van der Waals surface area contributed by atoms with Crippen LogP contribution in [0.5, 0.6) is 5.75 Å². The van der Waals surface area contributed by atoms with Crippen LogP contribution in [0.3, 0.4) is 0 Å². The Bertz CT molecular complexity index is 318. The molecule has 0 saturated heterocycles. The van der Waals surface area contributed by atoms with Crippen LogP contribution < -0.4 is 10.1 Å². The van der Waals surface area contributed by atoms with Gasteiger partial charge in [0.25, 0.3) is 0 Å². The fourth-order valence-corrected chi connectivity index (χ4v) is 1.72. The van der Waals surface area contributed by atoms with Gasteiger partial charge in [0, 0.05) is 12.6 Å². The van der Waals surface area contributed by atoms with Crippen molar-refractivity contribution in [1.82, 2.24) is 5.32 Å². The molecule has 0 aromatic heterocycles. The van der Waals surface area contributed by atoms with E-state index in [1.165, 1.54) is 0 Å². The minimum Gasteiger partial charge on any atom is -0.490 e. The van der Waals surface area contributed by atoms with E-state index in [1.807, 2.05) is 38.1 Å². The first-order valence-electron chi connectivity index (χ1n) is 5.38. The predicted octanol–water partition coefficient (Wildman–Crippen LogP) is 2.03. The van der Waals surface area contributed by atoms with Gasteiger partial charge in [-0.3, -0.25) is 0 Å². The molecule has 0 bridgehead atoms. The average molecular weight is 335 g/mol. The van der Waals surface area contributed by atoms with E-state index in [9.17, 15) is 5.11 Å². The van der Waals surface area contributed by atoms with Crippen molar-refractivity contribution in [2.45, 2.75) is 26.0 Å². The van der Waals surface area contributed by atoms with Crippen molar-refractivity contribution >= 4 is 22.6 Å². The van der Waals surface area contributed by atoms with Gasteiger partial charge in [-0.2, -0.15) is 0 Å². The Labute approximate surface area is 110 Å². The maximum atomic E-state index is 9.66. The summed E-state index contributed by atoms with van der Waals surface area (Å²) < 4.78 is 6.59. The van der Waals surface area contributed by atoms with E-state index < -0.39 is 6.10 Å². The third kappa shape index (κ3) is 5.14. The minimum atomic E-state index is -0.474. The summed E-state index contributed by atoms with van der Waals surface area (Å²) in [5.41, 5.74) is 0. The van der Waals surface area contributed by atoms with E-state index in [-0.39, 0.29) is 0 Å². The van der Waals surface area contributed by atoms with Gasteiger partial charge in [-0.25, -0.2) is 0 Å². The highest BCUT2D eigenvalue weighted by molar-refractivity contribution is 14.1. The number of hydrogen-bond acceptors (Lipinski definition) is 3. The fourth-order valence-electron chi connectivity index (χ4n) is 1.18. The highest BCUT2D eigenvalue weighted by atomic mass is 127. The number of aliphatic hydroxyl groups is 1. The highest BCUT2D eigenvalue weighted by Crippen LogP contribution is 2.19. The van der Waals surface area contributed by atoms with Gasteiger partial charge in [-0.05, 0) is 34.7 Å². The van der Waals surface area contributed by atoms with Gasteiger partial charge < -0.3 is 15.2 Å². The SMILES string of the molecule is CC(C)NC[C@H](O)COc1ccccc1I. The zero-order valence-electron chi connectivity index (χ0n) is 9.61. The zero-order chi connectivity index (χ0) is 12.0. The van der Waals surface area contributed by atoms with Gasteiger partial charge in [-0.15, -0.1) is 0 Å². The van der Waals surface area contributed by atoms with Crippen molar-refractivity contribution in [3.63, 3.8) is 0 Å². The van der Waals surface area contributed by atoms with Crippen LogP contribution in [0.2, 0.25) is 0 Å². The van der Waals surface area contributed by atoms with Crippen LogP contribution in [-0.4, -0.2) is 30.4 Å². The molecule has 1 aromatic carbocycles.